The zero-order chi connectivity index (χ0) is 15.0. The Morgan fingerprint density at radius 3 is 2.62 bits per heavy atom. The summed E-state index contributed by atoms with van der Waals surface area (Å²) in [5.41, 5.74) is 3.42. The molecule has 21 heavy (non-hydrogen) atoms. The molecular formula is C18H23N3. The minimum atomic E-state index is 0.0507. The zero-order valence-electron chi connectivity index (χ0n) is 13.3. The quantitative estimate of drug-likeness (QED) is 0.706. The molecule has 1 aromatic carbocycles. The number of hydrogen-bond acceptors (Lipinski definition) is 2. The van der Waals surface area contributed by atoms with E-state index in [0.29, 0.717) is 0 Å². The van der Waals surface area contributed by atoms with E-state index in [4.69, 9.17) is 10.1 Å². The third-order valence-corrected chi connectivity index (χ3v) is 3.91. The molecule has 0 fully saturated rings. The van der Waals surface area contributed by atoms with Gasteiger partial charge in [-0.1, -0.05) is 52.3 Å². The second-order valence-corrected chi connectivity index (χ2v) is 6.73. The third-order valence-electron chi connectivity index (χ3n) is 3.91. The van der Waals surface area contributed by atoms with Crippen molar-refractivity contribution in [3.8, 4) is 0 Å². The summed E-state index contributed by atoms with van der Waals surface area (Å²) >= 11 is 0. The topological polar surface area (TPSA) is 30.2 Å². The highest BCUT2D eigenvalue weighted by Crippen LogP contribution is 2.27. The first-order valence-electron chi connectivity index (χ1n) is 7.78. The van der Waals surface area contributed by atoms with Crippen molar-refractivity contribution in [3.05, 3.63) is 41.9 Å². The molecule has 0 aliphatic rings. The minimum Gasteiger partial charge on any atom is -0.233 e. The first-order chi connectivity index (χ1) is 10.0. The van der Waals surface area contributed by atoms with Crippen molar-refractivity contribution in [3.63, 3.8) is 0 Å². The van der Waals surface area contributed by atoms with Gasteiger partial charge in [0.15, 0.2) is 0 Å². The molecule has 2 heterocycles. The molecule has 3 aromatic rings. The van der Waals surface area contributed by atoms with Gasteiger partial charge in [-0.2, -0.15) is 5.10 Å². The minimum absolute atomic E-state index is 0.0507. The number of para-hydroxylation sites is 1. The summed E-state index contributed by atoms with van der Waals surface area (Å²) in [6.07, 6.45) is 3.29. The van der Waals surface area contributed by atoms with Gasteiger partial charge in [0.05, 0.1) is 16.7 Å². The van der Waals surface area contributed by atoms with Crippen molar-refractivity contribution in [1.29, 1.82) is 0 Å². The van der Waals surface area contributed by atoms with Gasteiger partial charge in [0, 0.05) is 17.2 Å². The van der Waals surface area contributed by atoms with Gasteiger partial charge < -0.3 is 0 Å². The Morgan fingerprint density at radius 2 is 1.90 bits per heavy atom. The fraction of sp³-hybridized carbons (Fsp3) is 0.444. The lowest BCUT2D eigenvalue weighted by atomic mass is 9.92. The van der Waals surface area contributed by atoms with E-state index in [0.717, 1.165) is 29.9 Å². The lowest BCUT2D eigenvalue weighted by Crippen LogP contribution is -2.12. The predicted molar refractivity (Wildman–Crippen MR) is 87.8 cm³/mol. The molecular weight excluding hydrogens is 258 g/mol. The Hall–Kier alpha value is -1.90. The van der Waals surface area contributed by atoms with Crippen LogP contribution in [0.3, 0.4) is 0 Å². The lowest BCUT2D eigenvalue weighted by Gasteiger charge is -2.13. The van der Waals surface area contributed by atoms with Gasteiger partial charge in [0.1, 0.15) is 5.82 Å². The number of aryl methyl sites for hydroxylation is 1. The summed E-state index contributed by atoms with van der Waals surface area (Å²) in [6, 6.07) is 10.6. The maximum atomic E-state index is 4.84. The van der Waals surface area contributed by atoms with Crippen LogP contribution in [-0.2, 0) is 11.8 Å². The van der Waals surface area contributed by atoms with Crippen molar-refractivity contribution in [2.75, 3.05) is 0 Å². The van der Waals surface area contributed by atoms with Crippen LogP contribution < -0.4 is 0 Å². The van der Waals surface area contributed by atoms with Gasteiger partial charge >= 0.3 is 0 Å². The van der Waals surface area contributed by atoms with Gasteiger partial charge in [0.25, 0.3) is 0 Å². The molecule has 0 unspecified atom stereocenters. The highest BCUT2D eigenvalue weighted by molar-refractivity contribution is 5.93. The molecule has 0 aliphatic carbocycles. The molecule has 0 saturated carbocycles. The van der Waals surface area contributed by atoms with Crippen molar-refractivity contribution in [2.24, 2.45) is 0 Å². The number of rotatable bonds is 3. The van der Waals surface area contributed by atoms with Crippen LogP contribution in [0.5, 0.6) is 0 Å². The summed E-state index contributed by atoms with van der Waals surface area (Å²) in [5.74, 6) is 1.07. The van der Waals surface area contributed by atoms with Gasteiger partial charge in [-0.25, -0.2) is 9.50 Å². The first kappa shape index (κ1) is 14.1. The Kier molecular flexibility index (Phi) is 3.44. The molecule has 0 N–H and O–H groups in total. The zero-order valence-corrected chi connectivity index (χ0v) is 13.3. The second kappa shape index (κ2) is 5.14. The van der Waals surface area contributed by atoms with E-state index in [1.165, 1.54) is 17.3 Å². The molecule has 3 nitrogen and oxygen atoms in total. The van der Waals surface area contributed by atoms with Crippen LogP contribution >= 0.6 is 0 Å². The summed E-state index contributed by atoms with van der Waals surface area (Å²) in [5, 5.41) is 6.02. The summed E-state index contributed by atoms with van der Waals surface area (Å²) < 4.78 is 2.05. The van der Waals surface area contributed by atoms with Gasteiger partial charge in [0.2, 0.25) is 0 Å². The van der Waals surface area contributed by atoms with Gasteiger partial charge in [-0.3, -0.25) is 0 Å². The molecule has 0 atom stereocenters. The molecule has 3 heteroatoms. The van der Waals surface area contributed by atoms with E-state index in [9.17, 15) is 0 Å². The highest BCUT2D eigenvalue weighted by Gasteiger charge is 2.20. The second-order valence-electron chi connectivity index (χ2n) is 6.73. The predicted octanol–water partition coefficient (Wildman–Crippen LogP) is 4.52. The van der Waals surface area contributed by atoms with Crippen LogP contribution in [0.1, 0.15) is 52.1 Å². The summed E-state index contributed by atoms with van der Waals surface area (Å²) in [4.78, 5) is 4.84. The first-order valence-corrected chi connectivity index (χ1v) is 7.78. The highest BCUT2D eigenvalue weighted by atomic mass is 15.3. The summed E-state index contributed by atoms with van der Waals surface area (Å²) in [6.45, 7) is 8.82. The number of nitrogens with zero attached hydrogens (tertiary/aromatic N) is 3. The van der Waals surface area contributed by atoms with Gasteiger partial charge in [-0.15, -0.1) is 0 Å². The molecule has 2 aromatic heterocycles. The number of unbranched alkanes of at least 4 members (excludes halogenated alkanes) is 1. The van der Waals surface area contributed by atoms with Crippen molar-refractivity contribution in [2.45, 2.75) is 52.4 Å². The molecule has 0 amide bonds. The summed E-state index contributed by atoms with van der Waals surface area (Å²) in [7, 11) is 0. The number of hydrogen-bond donors (Lipinski definition) is 0. The van der Waals surface area contributed by atoms with Crippen LogP contribution in [0.25, 0.3) is 16.4 Å². The van der Waals surface area contributed by atoms with E-state index < -0.39 is 0 Å². The normalized spacial score (nSPS) is 12.4. The van der Waals surface area contributed by atoms with Crippen LogP contribution in [0, 0.1) is 0 Å². The van der Waals surface area contributed by atoms with Crippen LogP contribution in [-0.4, -0.2) is 14.6 Å². The SMILES string of the molecule is CCCCc1nc2ccccc2c2cc(C(C)(C)C)nn12. The number of benzene rings is 1. The number of aromatic nitrogens is 3. The van der Waals surface area contributed by atoms with Crippen LogP contribution in [0.2, 0.25) is 0 Å². The maximum Gasteiger partial charge on any atom is 0.131 e. The van der Waals surface area contributed by atoms with Gasteiger partial charge in [-0.05, 0) is 18.6 Å². The van der Waals surface area contributed by atoms with Crippen LogP contribution in [0.4, 0.5) is 0 Å². The Morgan fingerprint density at radius 1 is 1.14 bits per heavy atom. The van der Waals surface area contributed by atoms with Crippen molar-refractivity contribution < 1.29 is 0 Å². The average Bonchev–Trinajstić information content (AvgIpc) is 2.90. The Bertz CT molecular complexity index is 778. The molecule has 0 spiro atoms. The molecule has 3 rings (SSSR count). The molecule has 0 bridgehead atoms. The van der Waals surface area contributed by atoms with E-state index in [-0.39, 0.29) is 5.41 Å². The smallest absolute Gasteiger partial charge is 0.131 e. The largest absolute Gasteiger partial charge is 0.233 e. The lowest BCUT2D eigenvalue weighted by molar-refractivity contribution is 0.559. The fourth-order valence-electron chi connectivity index (χ4n) is 2.61. The molecule has 0 aliphatic heterocycles. The molecule has 110 valence electrons. The monoisotopic (exact) mass is 281 g/mol. The molecule has 0 radical (unpaired) electrons. The fourth-order valence-corrected chi connectivity index (χ4v) is 2.61. The molecule has 0 saturated heterocycles. The van der Waals surface area contributed by atoms with Crippen LogP contribution in [0.15, 0.2) is 30.3 Å². The van der Waals surface area contributed by atoms with Crippen molar-refractivity contribution in [1.82, 2.24) is 14.6 Å². The Balaban J connectivity index is 2.30. The Labute approximate surface area is 126 Å². The number of fused-ring (bicyclic) bond motifs is 3. The van der Waals surface area contributed by atoms with E-state index >= 15 is 0 Å². The average molecular weight is 281 g/mol. The van der Waals surface area contributed by atoms with E-state index in [1.54, 1.807) is 0 Å². The third kappa shape index (κ3) is 2.53. The van der Waals surface area contributed by atoms with Crippen molar-refractivity contribution >= 4 is 16.4 Å². The maximum absolute atomic E-state index is 4.84. The van der Waals surface area contributed by atoms with E-state index in [2.05, 4.69) is 62.5 Å². The van der Waals surface area contributed by atoms with E-state index in [1.807, 2.05) is 0 Å². The standard InChI is InChI=1S/C18H23N3/c1-5-6-11-17-19-14-10-8-7-9-13(14)15-12-16(18(2,3)4)20-21(15)17/h7-10,12H,5-6,11H2,1-4H3.